The number of rotatable bonds is 5. The summed E-state index contributed by atoms with van der Waals surface area (Å²) in [6.45, 7) is 10.0. The largest absolute Gasteiger partial charge is 0.478 e. The molecule has 176 valence electrons. The Hall–Kier alpha value is -3.80. The van der Waals surface area contributed by atoms with Crippen LogP contribution in [0.3, 0.4) is 0 Å². The second-order valence-electron chi connectivity index (χ2n) is 7.98. The number of benzene rings is 2. The van der Waals surface area contributed by atoms with E-state index in [4.69, 9.17) is 9.84 Å². The lowest BCUT2D eigenvalue weighted by atomic mass is 10.0. The Kier molecular flexibility index (Phi) is 7.95. The molecule has 0 fully saturated rings. The maximum atomic E-state index is 12.0. The average molecular weight is 459 g/mol. The summed E-state index contributed by atoms with van der Waals surface area (Å²) in [7, 11) is 0. The van der Waals surface area contributed by atoms with E-state index in [2.05, 4.69) is 16.9 Å². The number of pyridine rings is 2. The number of para-hydroxylation sites is 2. The zero-order chi connectivity index (χ0) is 24.8. The number of carboxylic acids is 1. The molecule has 4 aromatic rings. The van der Waals surface area contributed by atoms with E-state index >= 15 is 0 Å². The van der Waals surface area contributed by atoms with E-state index in [1.807, 2.05) is 64.1 Å². The van der Waals surface area contributed by atoms with Gasteiger partial charge in [-0.2, -0.15) is 0 Å². The van der Waals surface area contributed by atoms with Crippen molar-refractivity contribution < 1.29 is 19.4 Å². The van der Waals surface area contributed by atoms with Gasteiger partial charge in [0.05, 0.1) is 28.8 Å². The molecule has 34 heavy (non-hydrogen) atoms. The highest BCUT2D eigenvalue weighted by molar-refractivity contribution is 6.04. The molecule has 0 saturated heterocycles. The minimum Gasteiger partial charge on any atom is -0.478 e. The molecule has 0 amide bonds. The molecule has 6 heteroatoms. The van der Waals surface area contributed by atoms with Crippen molar-refractivity contribution in [3.05, 3.63) is 82.2 Å². The van der Waals surface area contributed by atoms with Crippen LogP contribution in [-0.4, -0.2) is 33.6 Å². The first kappa shape index (κ1) is 24.8. The van der Waals surface area contributed by atoms with Crippen LogP contribution in [0.5, 0.6) is 0 Å². The highest BCUT2D eigenvalue weighted by Crippen LogP contribution is 2.23. The summed E-state index contributed by atoms with van der Waals surface area (Å²) >= 11 is 0. The topological polar surface area (TPSA) is 89.4 Å². The maximum Gasteiger partial charge on any atom is 0.338 e. The molecular weight excluding hydrogens is 428 g/mol. The number of aromatic carboxylic acids is 1. The highest BCUT2D eigenvalue weighted by Gasteiger charge is 2.14. The number of esters is 1. The van der Waals surface area contributed by atoms with Gasteiger partial charge in [-0.1, -0.05) is 50.2 Å². The van der Waals surface area contributed by atoms with Crippen molar-refractivity contribution in [3.8, 4) is 0 Å². The van der Waals surface area contributed by atoms with Gasteiger partial charge in [-0.05, 0) is 56.9 Å². The van der Waals surface area contributed by atoms with Crippen molar-refractivity contribution in [1.82, 2.24) is 9.97 Å². The third kappa shape index (κ3) is 5.22. The number of aryl methyl sites for hydroxylation is 4. The summed E-state index contributed by atoms with van der Waals surface area (Å²) in [5, 5.41) is 10.7. The maximum absolute atomic E-state index is 12.0. The van der Waals surface area contributed by atoms with Crippen molar-refractivity contribution in [2.75, 3.05) is 6.61 Å². The van der Waals surface area contributed by atoms with E-state index in [0.29, 0.717) is 17.7 Å². The number of nitrogens with zero attached hydrogens (tertiary/aromatic N) is 2. The van der Waals surface area contributed by atoms with Gasteiger partial charge in [0.15, 0.2) is 0 Å². The van der Waals surface area contributed by atoms with Gasteiger partial charge in [0.1, 0.15) is 0 Å². The Morgan fingerprint density at radius 3 is 1.71 bits per heavy atom. The molecule has 0 saturated carbocycles. The molecule has 2 aromatic heterocycles. The van der Waals surface area contributed by atoms with Gasteiger partial charge in [0.2, 0.25) is 0 Å². The molecule has 0 unspecified atom stereocenters. The predicted octanol–water partition coefficient (Wildman–Crippen LogP) is 6.09. The van der Waals surface area contributed by atoms with Crippen LogP contribution in [0.2, 0.25) is 0 Å². The van der Waals surface area contributed by atoms with Crippen molar-refractivity contribution in [2.45, 2.75) is 47.5 Å². The molecule has 1 N–H and O–H groups in total. The van der Waals surface area contributed by atoms with Gasteiger partial charge in [0, 0.05) is 22.2 Å². The third-order valence-corrected chi connectivity index (χ3v) is 5.59. The van der Waals surface area contributed by atoms with Crippen LogP contribution in [0, 0.1) is 13.8 Å². The number of carboxylic acid groups (broad SMARTS) is 1. The number of carbonyl (C=O) groups is 2. The van der Waals surface area contributed by atoms with Gasteiger partial charge in [-0.15, -0.1) is 0 Å². The minimum absolute atomic E-state index is 0.277. The van der Waals surface area contributed by atoms with Gasteiger partial charge in [-0.3, -0.25) is 9.97 Å². The quantitative estimate of drug-likeness (QED) is 0.364. The van der Waals surface area contributed by atoms with E-state index in [-0.39, 0.29) is 5.97 Å². The molecule has 0 aliphatic heterocycles. The van der Waals surface area contributed by atoms with Crippen LogP contribution >= 0.6 is 0 Å². The molecule has 0 aliphatic carbocycles. The molecule has 2 aromatic carbocycles. The molecule has 0 bridgehead atoms. The van der Waals surface area contributed by atoms with E-state index in [0.717, 1.165) is 57.2 Å². The SMILES string of the molecule is CCOC(=O)c1cc(C)nc2c(CC)cccc12.CCc1cccc2c(C(=O)O)cc(C)nc12. The van der Waals surface area contributed by atoms with E-state index in [9.17, 15) is 9.59 Å². The normalized spacial score (nSPS) is 10.6. The van der Waals surface area contributed by atoms with Gasteiger partial charge >= 0.3 is 11.9 Å². The summed E-state index contributed by atoms with van der Waals surface area (Å²) in [6, 6.07) is 15.0. The van der Waals surface area contributed by atoms with E-state index in [1.54, 1.807) is 12.1 Å². The molecule has 0 aliphatic rings. The van der Waals surface area contributed by atoms with E-state index < -0.39 is 5.97 Å². The molecule has 0 spiro atoms. The summed E-state index contributed by atoms with van der Waals surface area (Å²) in [6.07, 6.45) is 1.75. The smallest absolute Gasteiger partial charge is 0.338 e. The number of aromatic nitrogens is 2. The van der Waals surface area contributed by atoms with Crippen molar-refractivity contribution >= 4 is 33.7 Å². The van der Waals surface area contributed by atoms with Crippen LogP contribution in [0.25, 0.3) is 21.8 Å². The van der Waals surface area contributed by atoms with Gasteiger partial charge in [-0.25, -0.2) is 9.59 Å². The Morgan fingerprint density at radius 1 is 0.794 bits per heavy atom. The van der Waals surface area contributed by atoms with Crippen LogP contribution in [0.4, 0.5) is 0 Å². The second-order valence-corrected chi connectivity index (χ2v) is 7.98. The van der Waals surface area contributed by atoms with Crippen LogP contribution in [-0.2, 0) is 17.6 Å². The van der Waals surface area contributed by atoms with Gasteiger partial charge < -0.3 is 9.84 Å². The number of hydrogen-bond acceptors (Lipinski definition) is 5. The molecule has 0 atom stereocenters. The fourth-order valence-electron chi connectivity index (χ4n) is 4.00. The highest BCUT2D eigenvalue weighted by atomic mass is 16.5. The average Bonchev–Trinajstić information content (AvgIpc) is 2.82. The number of ether oxygens (including phenoxy) is 1. The number of hydrogen-bond donors (Lipinski definition) is 1. The minimum atomic E-state index is -0.899. The predicted molar refractivity (Wildman–Crippen MR) is 135 cm³/mol. The van der Waals surface area contributed by atoms with Crippen LogP contribution in [0.15, 0.2) is 48.5 Å². The molecular formula is C28H30N2O4. The summed E-state index contributed by atoms with van der Waals surface area (Å²) < 4.78 is 5.10. The Balaban J connectivity index is 0.000000192. The third-order valence-electron chi connectivity index (χ3n) is 5.59. The lowest BCUT2D eigenvalue weighted by Crippen LogP contribution is -2.07. The first-order valence-corrected chi connectivity index (χ1v) is 11.5. The first-order valence-electron chi connectivity index (χ1n) is 11.5. The zero-order valence-corrected chi connectivity index (χ0v) is 20.3. The first-order chi connectivity index (χ1) is 16.3. The molecule has 6 nitrogen and oxygen atoms in total. The summed E-state index contributed by atoms with van der Waals surface area (Å²) in [5.74, 6) is -1.18. The molecule has 2 heterocycles. The van der Waals surface area contributed by atoms with Crippen molar-refractivity contribution in [2.24, 2.45) is 0 Å². The Morgan fingerprint density at radius 2 is 1.26 bits per heavy atom. The van der Waals surface area contributed by atoms with Crippen molar-refractivity contribution in [3.63, 3.8) is 0 Å². The number of carbonyl (C=O) groups excluding carboxylic acids is 1. The lowest BCUT2D eigenvalue weighted by molar-refractivity contribution is 0.0528. The fourth-order valence-corrected chi connectivity index (χ4v) is 4.00. The van der Waals surface area contributed by atoms with Crippen molar-refractivity contribution in [1.29, 1.82) is 0 Å². The number of fused-ring (bicyclic) bond motifs is 2. The fraction of sp³-hybridized carbons (Fsp3) is 0.286. The lowest BCUT2D eigenvalue weighted by Gasteiger charge is -2.09. The molecule has 4 rings (SSSR count). The van der Waals surface area contributed by atoms with E-state index in [1.165, 1.54) is 0 Å². The monoisotopic (exact) mass is 458 g/mol. The zero-order valence-electron chi connectivity index (χ0n) is 20.3. The standard InChI is InChI=1S/C15H17NO2.C13H13NO2/c1-4-11-7-6-8-12-13(15(17)18-5-2)9-10(3)16-14(11)12;1-3-9-5-4-6-10-11(13(15)16)7-8(2)14-12(9)10/h6-9H,4-5H2,1-3H3;4-7H,3H2,1-2H3,(H,15,16). The Bertz CT molecular complexity index is 1360. The summed E-state index contributed by atoms with van der Waals surface area (Å²) in [5.41, 5.74) is 6.47. The Labute approximate surface area is 199 Å². The van der Waals surface area contributed by atoms with Crippen LogP contribution in [0.1, 0.15) is 64.0 Å². The molecule has 0 radical (unpaired) electrons. The second kappa shape index (κ2) is 10.9. The summed E-state index contributed by atoms with van der Waals surface area (Å²) in [4.78, 5) is 32.1. The van der Waals surface area contributed by atoms with Gasteiger partial charge in [0.25, 0.3) is 0 Å². The van der Waals surface area contributed by atoms with Crippen LogP contribution < -0.4 is 0 Å².